The molecular weight excluding hydrogens is 429 g/mol. The molecule has 3 aliphatic rings. The second kappa shape index (κ2) is 7.76. The zero-order valence-corrected chi connectivity index (χ0v) is 18.8. The zero-order chi connectivity index (χ0) is 21.6. The van der Waals surface area contributed by atoms with Gasteiger partial charge in [0, 0.05) is 24.0 Å². The molecule has 2 atom stereocenters. The average Bonchev–Trinajstić information content (AvgIpc) is 3.07. The summed E-state index contributed by atoms with van der Waals surface area (Å²) in [5.41, 5.74) is 5.54. The SMILES string of the molecule is Oc1ccccc1CC[C@]12CCC3=Cc4c(ccn4-c4ccc(F)cc4)CC31O2.SS. The van der Waals surface area contributed by atoms with E-state index < -0.39 is 0 Å². The van der Waals surface area contributed by atoms with Crippen molar-refractivity contribution in [1.82, 2.24) is 4.57 Å². The average molecular weight is 454 g/mol. The number of thiol groups is 2. The smallest absolute Gasteiger partial charge is 0.123 e. The molecule has 6 rings (SSSR count). The molecule has 2 aliphatic carbocycles. The van der Waals surface area contributed by atoms with Gasteiger partial charge in [0.1, 0.15) is 22.8 Å². The van der Waals surface area contributed by atoms with Gasteiger partial charge in [-0.3, -0.25) is 0 Å². The van der Waals surface area contributed by atoms with E-state index in [9.17, 15) is 9.50 Å². The number of hydrogen-bond donors (Lipinski definition) is 3. The van der Waals surface area contributed by atoms with Crippen LogP contribution >= 0.6 is 23.3 Å². The first kappa shape index (κ1) is 20.7. The van der Waals surface area contributed by atoms with Crippen LogP contribution in [0.3, 0.4) is 0 Å². The van der Waals surface area contributed by atoms with E-state index in [1.807, 2.05) is 30.3 Å². The summed E-state index contributed by atoms with van der Waals surface area (Å²) in [6.07, 6.45) is 9.09. The molecule has 160 valence electrons. The Morgan fingerprint density at radius 3 is 2.61 bits per heavy atom. The van der Waals surface area contributed by atoms with Crippen molar-refractivity contribution in [1.29, 1.82) is 0 Å². The van der Waals surface area contributed by atoms with Crippen molar-refractivity contribution in [2.45, 2.75) is 43.3 Å². The molecule has 2 aromatic carbocycles. The molecule has 31 heavy (non-hydrogen) atoms. The highest BCUT2D eigenvalue weighted by Gasteiger charge is 2.74. The Morgan fingerprint density at radius 2 is 1.84 bits per heavy atom. The Hall–Kier alpha value is -2.15. The molecule has 2 fully saturated rings. The number of hydrogen-bond acceptors (Lipinski definition) is 4. The second-order valence-corrected chi connectivity index (χ2v) is 8.47. The van der Waals surface area contributed by atoms with E-state index in [0.29, 0.717) is 5.75 Å². The lowest BCUT2D eigenvalue weighted by molar-refractivity contribution is 0.234. The Kier molecular flexibility index (Phi) is 5.19. The largest absolute Gasteiger partial charge is 0.508 e. The first-order chi connectivity index (χ1) is 15.1. The van der Waals surface area contributed by atoms with Crippen LogP contribution in [0, 0.1) is 5.82 Å². The maximum atomic E-state index is 13.3. The van der Waals surface area contributed by atoms with Gasteiger partial charge in [0.25, 0.3) is 0 Å². The lowest BCUT2D eigenvalue weighted by atomic mass is 9.81. The fraction of sp³-hybridized carbons (Fsp3) is 0.280. The molecule has 0 bridgehead atoms. The number of aromatic nitrogens is 1. The fourth-order valence-corrected chi connectivity index (χ4v) is 5.45. The summed E-state index contributed by atoms with van der Waals surface area (Å²) in [4.78, 5) is 0. The molecule has 2 heterocycles. The minimum absolute atomic E-state index is 0.100. The highest BCUT2D eigenvalue weighted by molar-refractivity contribution is 8.59. The van der Waals surface area contributed by atoms with E-state index in [4.69, 9.17) is 4.74 Å². The second-order valence-electron chi connectivity index (χ2n) is 8.47. The van der Waals surface area contributed by atoms with E-state index in [-0.39, 0.29) is 17.0 Å². The van der Waals surface area contributed by atoms with Crippen LogP contribution in [0.25, 0.3) is 11.8 Å². The predicted molar refractivity (Wildman–Crippen MR) is 128 cm³/mol. The fourth-order valence-electron chi connectivity index (χ4n) is 5.45. The number of epoxide rings is 1. The third-order valence-electron chi connectivity index (χ3n) is 7.04. The summed E-state index contributed by atoms with van der Waals surface area (Å²) in [6, 6.07) is 16.4. The highest BCUT2D eigenvalue weighted by Crippen LogP contribution is 2.67. The molecular formula is C25H24FNO2S2. The zero-order valence-electron chi connectivity index (χ0n) is 17.0. The van der Waals surface area contributed by atoms with Crippen molar-refractivity contribution in [2.75, 3.05) is 0 Å². The number of aromatic hydroxyl groups is 1. The van der Waals surface area contributed by atoms with Crippen molar-refractivity contribution in [3.05, 3.63) is 89.0 Å². The number of phenols is 1. The molecule has 1 aromatic heterocycles. The van der Waals surface area contributed by atoms with Gasteiger partial charge in [-0.15, -0.1) is 23.3 Å². The van der Waals surface area contributed by atoms with E-state index in [2.05, 4.69) is 46.2 Å². The van der Waals surface area contributed by atoms with Crippen LogP contribution in [0.1, 0.15) is 36.1 Å². The van der Waals surface area contributed by atoms with Crippen LogP contribution in [-0.4, -0.2) is 20.9 Å². The molecule has 1 unspecified atom stereocenters. The molecule has 1 spiro atoms. The van der Waals surface area contributed by atoms with Crippen LogP contribution in [0.5, 0.6) is 5.75 Å². The van der Waals surface area contributed by atoms with E-state index in [0.717, 1.165) is 43.4 Å². The Morgan fingerprint density at radius 1 is 1.06 bits per heavy atom. The summed E-state index contributed by atoms with van der Waals surface area (Å²) in [7, 11) is 0. The molecule has 1 saturated heterocycles. The molecule has 3 aromatic rings. The number of benzene rings is 2. The number of aryl methyl sites for hydroxylation is 1. The summed E-state index contributed by atoms with van der Waals surface area (Å²) in [5.74, 6) is 0.151. The van der Waals surface area contributed by atoms with Crippen LogP contribution in [0.2, 0.25) is 0 Å². The standard InChI is InChI=1S/C25H22FNO2.H2S2/c26-20-5-7-21(8-6-20)27-14-11-18-16-25-19(15-22(18)27)10-13-24(25,29-25)12-9-17-3-1-2-4-23(17)28;1-2/h1-8,11,14-15,28H,9-10,12-13,16H2;1-2H/t24-,25?;/m0./s1. The molecule has 0 amide bonds. The topological polar surface area (TPSA) is 37.7 Å². The molecule has 3 nitrogen and oxygen atoms in total. The number of halogens is 1. The van der Waals surface area contributed by atoms with Crippen molar-refractivity contribution in [2.24, 2.45) is 0 Å². The van der Waals surface area contributed by atoms with Crippen molar-refractivity contribution < 1.29 is 14.2 Å². The van der Waals surface area contributed by atoms with Crippen LogP contribution in [-0.2, 0) is 17.6 Å². The van der Waals surface area contributed by atoms with Gasteiger partial charge in [0.2, 0.25) is 0 Å². The van der Waals surface area contributed by atoms with Gasteiger partial charge < -0.3 is 14.4 Å². The number of fused-ring (bicyclic) bond motifs is 1. The first-order valence-electron chi connectivity index (χ1n) is 10.4. The molecule has 1 N–H and O–H groups in total. The van der Waals surface area contributed by atoms with Gasteiger partial charge in [-0.05, 0) is 84.9 Å². The highest BCUT2D eigenvalue weighted by atomic mass is 33.1. The summed E-state index contributed by atoms with van der Waals surface area (Å²) < 4.78 is 21.9. The minimum atomic E-state index is -0.219. The van der Waals surface area contributed by atoms with E-state index >= 15 is 0 Å². The maximum absolute atomic E-state index is 13.3. The third-order valence-corrected chi connectivity index (χ3v) is 7.04. The predicted octanol–water partition coefficient (Wildman–Crippen LogP) is 5.96. The van der Waals surface area contributed by atoms with Crippen LogP contribution in [0.4, 0.5) is 4.39 Å². The monoisotopic (exact) mass is 453 g/mol. The number of ether oxygens (including phenoxy) is 1. The molecule has 1 aliphatic heterocycles. The van der Waals surface area contributed by atoms with Gasteiger partial charge in [-0.1, -0.05) is 18.2 Å². The van der Waals surface area contributed by atoms with E-state index in [1.54, 1.807) is 6.07 Å². The number of phenolic OH excluding ortho intramolecular Hbond substituents is 1. The lowest BCUT2D eigenvalue weighted by Crippen LogP contribution is -2.27. The van der Waals surface area contributed by atoms with Crippen molar-refractivity contribution >= 4 is 29.4 Å². The van der Waals surface area contributed by atoms with Crippen molar-refractivity contribution in [3.8, 4) is 11.4 Å². The Labute approximate surface area is 191 Å². The number of para-hydroxylation sites is 1. The van der Waals surface area contributed by atoms with Gasteiger partial charge in [-0.25, -0.2) is 4.39 Å². The van der Waals surface area contributed by atoms with Gasteiger partial charge in [0.05, 0.1) is 0 Å². The first-order valence-corrected chi connectivity index (χ1v) is 12.0. The number of nitrogens with zero attached hydrogens (tertiary/aromatic N) is 1. The summed E-state index contributed by atoms with van der Waals surface area (Å²) in [6.45, 7) is 0. The number of rotatable bonds is 4. The normalized spacial score (nSPS) is 24.9. The Balaban J connectivity index is 0.000000994. The minimum Gasteiger partial charge on any atom is -0.508 e. The summed E-state index contributed by atoms with van der Waals surface area (Å²) >= 11 is 6.44. The molecule has 0 radical (unpaired) electrons. The van der Waals surface area contributed by atoms with Gasteiger partial charge >= 0.3 is 0 Å². The van der Waals surface area contributed by atoms with Crippen LogP contribution < -0.4 is 0 Å². The maximum Gasteiger partial charge on any atom is 0.123 e. The Bertz CT molecular complexity index is 1160. The van der Waals surface area contributed by atoms with Crippen molar-refractivity contribution in [3.63, 3.8) is 0 Å². The quantitative estimate of drug-likeness (QED) is 0.259. The van der Waals surface area contributed by atoms with E-state index in [1.165, 1.54) is 29.0 Å². The lowest BCUT2D eigenvalue weighted by Gasteiger charge is -2.21. The third kappa shape index (κ3) is 3.23. The van der Waals surface area contributed by atoms with Gasteiger partial charge in [0.15, 0.2) is 0 Å². The van der Waals surface area contributed by atoms with Gasteiger partial charge in [-0.2, -0.15) is 0 Å². The summed E-state index contributed by atoms with van der Waals surface area (Å²) in [5, 5.41) is 10.1. The molecule has 6 heteroatoms. The molecule has 1 saturated carbocycles. The van der Waals surface area contributed by atoms with Crippen LogP contribution in [0.15, 0.2) is 66.4 Å².